The molecule has 1 heterocycles. The molecule has 1 aliphatic rings. The zero-order valence-electron chi connectivity index (χ0n) is 9.05. The molecule has 0 spiro atoms. The first kappa shape index (κ1) is 10.9. The first-order chi connectivity index (χ1) is 6.96. The molecule has 0 aliphatic carbocycles. The van der Waals surface area contributed by atoms with Gasteiger partial charge in [-0.3, -0.25) is 0 Å². The predicted octanol–water partition coefficient (Wildman–Crippen LogP) is 2.16. The molecular weight excluding hydrogens is 210 g/mol. The normalized spacial score (nSPS) is 29.3. The number of nitrogens with one attached hydrogen (secondary N) is 1. The Morgan fingerprint density at radius 1 is 1.20 bits per heavy atom. The highest BCUT2D eigenvalue weighted by Gasteiger charge is 2.48. The van der Waals surface area contributed by atoms with E-state index in [0.717, 1.165) is 12.1 Å². The minimum Gasteiger partial charge on any atom is -0.383 e. The number of rotatable bonds is 1. The number of aliphatic hydroxyl groups is 1. The van der Waals surface area contributed by atoms with Gasteiger partial charge < -0.3 is 10.4 Å². The van der Waals surface area contributed by atoms with Crippen molar-refractivity contribution in [3.05, 3.63) is 34.9 Å². The Morgan fingerprint density at radius 3 is 2.27 bits per heavy atom. The zero-order chi connectivity index (χ0) is 11.1. The Hall–Kier alpha value is -0.570. The van der Waals surface area contributed by atoms with Crippen molar-refractivity contribution in [2.75, 3.05) is 13.1 Å². The maximum absolute atomic E-state index is 10.7. The van der Waals surface area contributed by atoms with Crippen molar-refractivity contribution >= 4 is 11.6 Å². The van der Waals surface area contributed by atoms with Crippen LogP contribution in [0.1, 0.15) is 19.4 Å². The second kappa shape index (κ2) is 3.48. The number of β-amino-alcohol motifs (C(OH)–C–C–N with tert-alkyl or cyclic N) is 1. The van der Waals surface area contributed by atoms with Gasteiger partial charge in [-0.15, -0.1) is 0 Å². The summed E-state index contributed by atoms with van der Waals surface area (Å²) in [6, 6.07) is 7.45. The van der Waals surface area contributed by atoms with Crippen molar-refractivity contribution < 1.29 is 5.11 Å². The van der Waals surface area contributed by atoms with Crippen molar-refractivity contribution in [2.45, 2.75) is 19.4 Å². The number of hydrogen-bond acceptors (Lipinski definition) is 2. The Balaban J connectivity index is 2.41. The monoisotopic (exact) mass is 225 g/mol. The first-order valence-electron chi connectivity index (χ1n) is 5.15. The zero-order valence-corrected chi connectivity index (χ0v) is 9.80. The van der Waals surface area contributed by atoms with Crippen molar-refractivity contribution in [2.24, 2.45) is 5.41 Å². The molecule has 0 amide bonds. The lowest BCUT2D eigenvalue weighted by Gasteiger charge is -2.36. The SMILES string of the molecule is CC1(C)CNCC1(O)c1ccc(Cl)cc1. The highest BCUT2D eigenvalue weighted by molar-refractivity contribution is 6.30. The van der Waals surface area contributed by atoms with Crippen LogP contribution >= 0.6 is 11.6 Å². The molecule has 1 unspecified atom stereocenters. The molecule has 3 heteroatoms. The van der Waals surface area contributed by atoms with E-state index in [9.17, 15) is 5.11 Å². The van der Waals surface area contributed by atoms with Gasteiger partial charge >= 0.3 is 0 Å². The van der Waals surface area contributed by atoms with Crippen LogP contribution in [0.25, 0.3) is 0 Å². The van der Waals surface area contributed by atoms with Crippen LogP contribution in [-0.4, -0.2) is 18.2 Å². The standard InChI is InChI=1S/C12H16ClNO/c1-11(2)7-14-8-12(11,15)9-3-5-10(13)6-4-9/h3-6,14-15H,7-8H2,1-2H3. The molecule has 0 aromatic heterocycles. The smallest absolute Gasteiger partial charge is 0.108 e. The van der Waals surface area contributed by atoms with Crippen molar-refractivity contribution in [3.8, 4) is 0 Å². The van der Waals surface area contributed by atoms with E-state index < -0.39 is 5.60 Å². The van der Waals surface area contributed by atoms with Gasteiger partial charge in [0.1, 0.15) is 5.60 Å². The minimum absolute atomic E-state index is 0.152. The van der Waals surface area contributed by atoms with E-state index in [0.29, 0.717) is 11.6 Å². The molecule has 1 fully saturated rings. The molecule has 0 radical (unpaired) electrons. The molecule has 1 atom stereocenters. The van der Waals surface area contributed by atoms with Crippen LogP contribution in [0.4, 0.5) is 0 Å². The summed E-state index contributed by atoms with van der Waals surface area (Å²) < 4.78 is 0. The summed E-state index contributed by atoms with van der Waals surface area (Å²) in [6.07, 6.45) is 0. The van der Waals surface area contributed by atoms with Crippen LogP contribution in [0.2, 0.25) is 5.02 Å². The summed E-state index contributed by atoms with van der Waals surface area (Å²) in [7, 11) is 0. The van der Waals surface area contributed by atoms with Gasteiger partial charge in [0.15, 0.2) is 0 Å². The van der Waals surface area contributed by atoms with Gasteiger partial charge in [-0.05, 0) is 17.7 Å². The maximum atomic E-state index is 10.7. The van der Waals surface area contributed by atoms with Gasteiger partial charge in [-0.25, -0.2) is 0 Å². The maximum Gasteiger partial charge on any atom is 0.108 e. The molecule has 1 aromatic rings. The average molecular weight is 226 g/mol. The van der Waals surface area contributed by atoms with Gasteiger partial charge in [-0.2, -0.15) is 0 Å². The Labute approximate surface area is 95.3 Å². The quantitative estimate of drug-likeness (QED) is 0.768. The summed E-state index contributed by atoms with van der Waals surface area (Å²) >= 11 is 5.84. The number of halogens is 1. The first-order valence-corrected chi connectivity index (χ1v) is 5.53. The fourth-order valence-corrected chi connectivity index (χ4v) is 2.29. The molecule has 1 aliphatic heterocycles. The van der Waals surface area contributed by atoms with Crippen LogP contribution in [-0.2, 0) is 5.60 Å². The summed E-state index contributed by atoms with van der Waals surface area (Å²) in [6.45, 7) is 5.57. The second-order valence-corrected chi connectivity index (χ2v) is 5.29. The van der Waals surface area contributed by atoms with E-state index in [2.05, 4.69) is 19.2 Å². The van der Waals surface area contributed by atoms with Gasteiger partial charge in [0.05, 0.1) is 0 Å². The van der Waals surface area contributed by atoms with E-state index in [4.69, 9.17) is 11.6 Å². The van der Waals surface area contributed by atoms with Gasteiger partial charge in [0.25, 0.3) is 0 Å². The summed E-state index contributed by atoms with van der Waals surface area (Å²) in [5.41, 5.74) is -0.0137. The lowest BCUT2D eigenvalue weighted by molar-refractivity contribution is -0.0324. The highest BCUT2D eigenvalue weighted by Crippen LogP contribution is 2.42. The summed E-state index contributed by atoms with van der Waals surface area (Å²) in [5.74, 6) is 0. The molecule has 82 valence electrons. The van der Waals surface area contributed by atoms with Crippen LogP contribution in [0.5, 0.6) is 0 Å². The van der Waals surface area contributed by atoms with Crippen molar-refractivity contribution in [1.82, 2.24) is 5.32 Å². The molecule has 15 heavy (non-hydrogen) atoms. The molecule has 1 aromatic carbocycles. The lowest BCUT2D eigenvalue weighted by atomic mass is 9.73. The van der Waals surface area contributed by atoms with Crippen LogP contribution in [0.15, 0.2) is 24.3 Å². The third-order valence-corrected chi connectivity index (χ3v) is 3.64. The van der Waals surface area contributed by atoms with Crippen LogP contribution in [0, 0.1) is 5.41 Å². The van der Waals surface area contributed by atoms with Gasteiger partial charge in [0.2, 0.25) is 0 Å². The van der Waals surface area contributed by atoms with E-state index >= 15 is 0 Å². The Bertz CT molecular complexity index is 360. The van der Waals surface area contributed by atoms with Gasteiger partial charge in [-0.1, -0.05) is 37.6 Å². The average Bonchev–Trinajstić information content (AvgIpc) is 2.43. The third kappa shape index (κ3) is 1.67. The van der Waals surface area contributed by atoms with Crippen molar-refractivity contribution in [3.63, 3.8) is 0 Å². The van der Waals surface area contributed by atoms with E-state index in [1.165, 1.54) is 0 Å². The third-order valence-electron chi connectivity index (χ3n) is 3.39. The number of hydrogen-bond donors (Lipinski definition) is 2. The van der Waals surface area contributed by atoms with E-state index in [-0.39, 0.29) is 5.41 Å². The fourth-order valence-electron chi connectivity index (χ4n) is 2.16. The molecule has 2 N–H and O–H groups in total. The largest absolute Gasteiger partial charge is 0.383 e. The van der Waals surface area contributed by atoms with Gasteiger partial charge in [0, 0.05) is 23.5 Å². The Kier molecular flexibility index (Phi) is 2.53. The second-order valence-electron chi connectivity index (χ2n) is 4.85. The fraction of sp³-hybridized carbons (Fsp3) is 0.500. The molecule has 1 saturated heterocycles. The van der Waals surface area contributed by atoms with E-state index in [1.807, 2.05) is 24.3 Å². The summed E-state index contributed by atoms with van der Waals surface area (Å²) in [5, 5.41) is 14.6. The van der Waals surface area contributed by atoms with Crippen LogP contribution in [0.3, 0.4) is 0 Å². The summed E-state index contributed by atoms with van der Waals surface area (Å²) in [4.78, 5) is 0. The highest BCUT2D eigenvalue weighted by atomic mass is 35.5. The van der Waals surface area contributed by atoms with E-state index in [1.54, 1.807) is 0 Å². The molecule has 0 saturated carbocycles. The Morgan fingerprint density at radius 2 is 1.80 bits per heavy atom. The minimum atomic E-state index is -0.794. The van der Waals surface area contributed by atoms with Crippen LogP contribution < -0.4 is 5.32 Å². The van der Waals surface area contributed by atoms with Crippen molar-refractivity contribution in [1.29, 1.82) is 0 Å². The molecule has 2 nitrogen and oxygen atoms in total. The predicted molar refractivity (Wildman–Crippen MR) is 62.0 cm³/mol. The molecule has 0 bridgehead atoms. The lowest BCUT2D eigenvalue weighted by Crippen LogP contribution is -2.40. The molecule has 2 rings (SSSR count). The molecular formula is C12H16ClNO. The topological polar surface area (TPSA) is 32.3 Å². The number of benzene rings is 1.